The van der Waals surface area contributed by atoms with Crippen molar-refractivity contribution in [2.24, 2.45) is 0 Å². The van der Waals surface area contributed by atoms with Gasteiger partial charge in [0, 0.05) is 4.90 Å². The minimum absolute atomic E-state index is 0.359. The summed E-state index contributed by atoms with van der Waals surface area (Å²) in [4.78, 5) is 26.1. The van der Waals surface area contributed by atoms with Gasteiger partial charge in [0.1, 0.15) is 16.8 Å². The number of rotatable bonds is 4. The first kappa shape index (κ1) is 15.0. The van der Waals surface area contributed by atoms with Gasteiger partial charge in [0.25, 0.3) is 0 Å². The molecule has 0 aliphatic rings. The Labute approximate surface area is 125 Å². The molecule has 2 rings (SSSR count). The predicted molar refractivity (Wildman–Crippen MR) is 77.9 cm³/mol. The van der Waals surface area contributed by atoms with E-state index in [1.807, 2.05) is 32.0 Å². The van der Waals surface area contributed by atoms with Gasteiger partial charge in [-0.3, -0.25) is 10.1 Å². The summed E-state index contributed by atoms with van der Waals surface area (Å²) >= 11 is 1.28. The second-order valence-corrected chi connectivity index (χ2v) is 5.54. The lowest BCUT2D eigenvalue weighted by Gasteiger charge is -2.07. The van der Waals surface area contributed by atoms with Gasteiger partial charge in [0.2, 0.25) is 0 Å². The van der Waals surface area contributed by atoms with Gasteiger partial charge < -0.3 is 5.11 Å². The second-order valence-electron chi connectivity index (χ2n) is 4.47. The highest BCUT2D eigenvalue weighted by molar-refractivity contribution is 7.99. The lowest BCUT2D eigenvalue weighted by atomic mass is 10.2. The van der Waals surface area contributed by atoms with Gasteiger partial charge in [0.05, 0.1) is 4.92 Å². The number of nitro groups is 1. The van der Waals surface area contributed by atoms with Crippen LogP contribution in [0, 0.1) is 24.0 Å². The molecule has 1 aromatic heterocycles. The Morgan fingerprint density at radius 2 is 2.05 bits per heavy atom. The molecule has 0 aliphatic heterocycles. The van der Waals surface area contributed by atoms with Crippen molar-refractivity contribution in [3.63, 3.8) is 0 Å². The fourth-order valence-electron chi connectivity index (χ4n) is 1.73. The Morgan fingerprint density at radius 1 is 1.33 bits per heavy atom. The maximum atomic E-state index is 11.1. The first-order chi connectivity index (χ1) is 9.88. The van der Waals surface area contributed by atoms with Crippen LogP contribution in [0.15, 0.2) is 40.4 Å². The summed E-state index contributed by atoms with van der Waals surface area (Å²) in [6.07, 6.45) is 0.983. The van der Waals surface area contributed by atoms with E-state index in [0.29, 0.717) is 5.03 Å². The zero-order chi connectivity index (χ0) is 15.6. The number of hydrogen-bond donors (Lipinski definition) is 1. The molecule has 0 aliphatic carbocycles. The number of pyridine rings is 1. The van der Waals surface area contributed by atoms with Crippen LogP contribution in [0.25, 0.3) is 0 Å². The van der Waals surface area contributed by atoms with E-state index in [-0.39, 0.29) is 5.56 Å². The Morgan fingerprint density at radius 3 is 2.67 bits per heavy atom. The SMILES string of the molecule is Cc1ccc(C)c(Sc2cc(C(=O)O)c([N+](=O)[O-])cn2)c1. The second kappa shape index (κ2) is 5.92. The fourth-order valence-corrected chi connectivity index (χ4v) is 2.71. The molecule has 108 valence electrons. The van der Waals surface area contributed by atoms with Crippen LogP contribution in [0.1, 0.15) is 21.5 Å². The van der Waals surface area contributed by atoms with E-state index >= 15 is 0 Å². The van der Waals surface area contributed by atoms with Crippen molar-refractivity contribution in [3.05, 3.63) is 57.3 Å². The number of aromatic nitrogens is 1. The molecule has 1 aromatic carbocycles. The summed E-state index contributed by atoms with van der Waals surface area (Å²) in [5.41, 5.74) is 1.24. The molecule has 0 amide bonds. The Kier molecular flexibility index (Phi) is 4.23. The molecule has 1 N–H and O–H groups in total. The van der Waals surface area contributed by atoms with Gasteiger partial charge >= 0.3 is 11.7 Å². The van der Waals surface area contributed by atoms with Crippen molar-refractivity contribution < 1.29 is 14.8 Å². The normalized spacial score (nSPS) is 10.4. The first-order valence-corrected chi connectivity index (χ1v) is 6.83. The largest absolute Gasteiger partial charge is 0.477 e. The molecule has 21 heavy (non-hydrogen) atoms. The Bertz CT molecular complexity index is 731. The molecule has 7 heteroatoms. The molecule has 0 saturated carbocycles. The van der Waals surface area contributed by atoms with Gasteiger partial charge in [-0.25, -0.2) is 9.78 Å². The highest BCUT2D eigenvalue weighted by Gasteiger charge is 2.21. The summed E-state index contributed by atoms with van der Waals surface area (Å²) in [5, 5.41) is 20.3. The van der Waals surface area contributed by atoms with Crippen LogP contribution in [0.4, 0.5) is 5.69 Å². The van der Waals surface area contributed by atoms with E-state index in [1.165, 1.54) is 17.8 Å². The molecule has 0 fully saturated rings. The van der Waals surface area contributed by atoms with E-state index in [4.69, 9.17) is 5.11 Å². The minimum atomic E-state index is -1.34. The molecular formula is C14H12N2O4S. The molecule has 0 radical (unpaired) electrons. The summed E-state index contributed by atoms with van der Waals surface area (Å²) in [6.45, 7) is 3.89. The highest BCUT2D eigenvalue weighted by atomic mass is 32.2. The summed E-state index contributed by atoms with van der Waals surface area (Å²) in [7, 11) is 0. The molecule has 0 spiro atoms. The van der Waals surface area contributed by atoms with Crippen molar-refractivity contribution in [3.8, 4) is 0 Å². The Balaban J connectivity index is 2.41. The smallest absolute Gasteiger partial charge is 0.342 e. The molecule has 2 aromatic rings. The average Bonchev–Trinajstić information content (AvgIpc) is 2.42. The van der Waals surface area contributed by atoms with Gasteiger partial charge in [-0.2, -0.15) is 0 Å². The van der Waals surface area contributed by atoms with Crippen molar-refractivity contribution in [1.29, 1.82) is 0 Å². The number of carboxylic acid groups (broad SMARTS) is 1. The zero-order valence-electron chi connectivity index (χ0n) is 11.4. The van der Waals surface area contributed by atoms with Gasteiger partial charge in [-0.05, 0) is 37.1 Å². The lowest BCUT2D eigenvalue weighted by molar-refractivity contribution is -0.385. The zero-order valence-corrected chi connectivity index (χ0v) is 12.2. The number of nitrogens with zero attached hydrogens (tertiary/aromatic N) is 2. The first-order valence-electron chi connectivity index (χ1n) is 6.01. The third-order valence-electron chi connectivity index (χ3n) is 2.84. The number of carboxylic acids is 1. The average molecular weight is 304 g/mol. The number of aryl methyl sites for hydroxylation is 2. The number of aromatic carboxylic acids is 1. The highest BCUT2D eigenvalue weighted by Crippen LogP contribution is 2.31. The van der Waals surface area contributed by atoms with E-state index < -0.39 is 16.6 Å². The van der Waals surface area contributed by atoms with E-state index in [1.54, 1.807) is 0 Å². The van der Waals surface area contributed by atoms with Crippen molar-refractivity contribution >= 4 is 23.4 Å². The molecule has 0 bridgehead atoms. The number of hydrogen-bond acceptors (Lipinski definition) is 5. The van der Waals surface area contributed by atoms with E-state index in [0.717, 1.165) is 22.2 Å². The molecule has 6 nitrogen and oxygen atoms in total. The van der Waals surface area contributed by atoms with Crippen LogP contribution < -0.4 is 0 Å². The molecule has 0 atom stereocenters. The van der Waals surface area contributed by atoms with Crippen molar-refractivity contribution in [1.82, 2.24) is 4.98 Å². The van der Waals surface area contributed by atoms with Gasteiger partial charge in [-0.15, -0.1) is 0 Å². The number of carbonyl (C=O) groups is 1. The lowest BCUT2D eigenvalue weighted by Crippen LogP contribution is -2.03. The molecular weight excluding hydrogens is 292 g/mol. The maximum Gasteiger partial charge on any atom is 0.342 e. The molecule has 0 unspecified atom stereocenters. The quantitative estimate of drug-likeness (QED) is 0.686. The van der Waals surface area contributed by atoms with Crippen LogP contribution in [0.5, 0.6) is 0 Å². The summed E-state index contributed by atoms with van der Waals surface area (Å²) < 4.78 is 0. The van der Waals surface area contributed by atoms with Crippen molar-refractivity contribution in [2.45, 2.75) is 23.8 Å². The molecule has 1 heterocycles. The van der Waals surface area contributed by atoms with Gasteiger partial charge in [0.15, 0.2) is 0 Å². The third-order valence-corrected chi connectivity index (χ3v) is 3.94. The third kappa shape index (κ3) is 3.38. The summed E-state index contributed by atoms with van der Waals surface area (Å²) in [6, 6.07) is 7.13. The fraction of sp³-hybridized carbons (Fsp3) is 0.143. The van der Waals surface area contributed by atoms with Crippen LogP contribution >= 0.6 is 11.8 Å². The van der Waals surface area contributed by atoms with Crippen LogP contribution in [-0.4, -0.2) is 21.0 Å². The maximum absolute atomic E-state index is 11.1. The van der Waals surface area contributed by atoms with E-state index in [2.05, 4.69) is 4.98 Å². The van der Waals surface area contributed by atoms with Gasteiger partial charge in [-0.1, -0.05) is 23.9 Å². The predicted octanol–water partition coefficient (Wildman–Crippen LogP) is 3.46. The van der Waals surface area contributed by atoms with Crippen LogP contribution in [-0.2, 0) is 0 Å². The standard InChI is InChI=1S/C14H12N2O4S/c1-8-3-4-9(2)12(5-8)21-13-6-10(14(17)18)11(7-15-13)16(19)20/h3-7H,1-2H3,(H,17,18). The number of benzene rings is 1. The van der Waals surface area contributed by atoms with E-state index in [9.17, 15) is 14.9 Å². The van der Waals surface area contributed by atoms with Crippen molar-refractivity contribution in [2.75, 3.05) is 0 Å². The topological polar surface area (TPSA) is 93.3 Å². The summed E-state index contributed by atoms with van der Waals surface area (Å²) in [5.74, 6) is -1.34. The minimum Gasteiger partial charge on any atom is -0.477 e. The Hall–Kier alpha value is -2.41. The monoisotopic (exact) mass is 304 g/mol. The molecule has 0 saturated heterocycles. The van der Waals surface area contributed by atoms with Crippen LogP contribution in [0.3, 0.4) is 0 Å². The van der Waals surface area contributed by atoms with Crippen LogP contribution in [0.2, 0.25) is 0 Å².